The number of methoxy groups -OCH3 is 1. The second-order valence-corrected chi connectivity index (χ2v) is 5.08. The van der Waals surface area contributed by atoms with Crippen LogP contribution in [-0.2, 0) is 6.42 Å². The predicted octanol–water partition coefficient (Wildman–Crippen LogP) is 1.79. The zero-order valence-electron chi connectivity index (χ0n) is 10.4. The van der Waals surface area contributed by atoms with Gasteiger partial charge in [-0.05, 0) is 55.5 Å². The molecule has 0 aromatic heterocycles. The lowest BCUT2D eigenvalue weighted by Gasteiger charge is -2.36. The Morgan fingerprint density at radius 3 is 3.06 bits per heavy atom. The monoisotopic (exact) mass is 232 g/mol. The van der Waals surface area contributed by atoms with Crippen molar-refractivity contribution in [2.24, 2.45) is 11.7 Å². The van der Waals surface area contributed by atoms with Crippen molar-refractivity contribution < 1.29 is 4.74 Å². The number of ether oxygens (including phenoxy) is 1. The first kappa shape index (κ1) is 10.9. The van der Waals surface area contributed by atoms with Gasteiger partial charge in [-0.3, -0.25) is 0 Å². The van der Waals surface area contributed by atoms with Crippen molar-refractivity contribution in [1.29, 1.82) is 0 Å². The van der Waals surface area contributed by atoms with E-state index in [4.69, 9.17) is 10.5 Å². The van der Waals surface area contributed by atoms with Crippen molar-refractivity contribution in [3.05, 3.63) is 23.8 Å². The first-order chi connectivity index (χ1) is 8.33. The van der Waals surface area contributed by atoms with Crippen LogP contribution in [0.3, 0.4) is 0 Å². The Labute approximate surface area is 103 Å². The number of hydrogen-bond donors (Lipinski definition) is 1. The van der Waals surface area contributed by atoms with E-state index in [1.165, 1.54) is 24.1 Å². The fraction of sp³-hybridized carbons (Fsp3) is 0.571. The van der Waals surface area contributed by atoms with Gasteiger partial charge in [-0.15, -0.1) is 0 Å². The lowest BCUT2D eigenvalue weighted by Crippen LogP contribution is -2.39. The number of rotatable bonds is 2. The van der Waals surface area contributed by atoms with E-state index in [0.29, 0.717) is 12.0 Å². The molecule has 0 bridgehead atoms. The zero-order valence-corrected chi connectivity index (χ0v) is 10.4. The molecule has 92 valence electrons. The molecule has 2 N–H and O–H groups in total. The molecular weight excluding hydrogens is 212 g/mol. The minimum absolute atomic E-state index is 0.667. The molecule has 1 fully saturated rings. The fourth-order valence-electron chi connectivity index (χ4n) is 3.36. The van der Waals surface area contributed by atoms with E-state index in [9.17, 15) is 0 Å². The van der Waals surface area contributed by atoms with Crippen LogP contribution in [0.5, 0.6) is 5.75 Å². The lowest BCUT2D eigenvalue weighted by atomic mass is 9.90. The highest BCUT2D eigenvalue weighted by atomic mass is 16.5. The van der Waals surface area contributed by atoms with Crippen molar-refractivity contribution in [3.63, 3.8) is 0 Å². The molecule has 0 saturated carbocycles. The van der Waals surface area contributed by atoms with E-state index in [1.54, 1.807) is 7.11 Å². The van der Waals surface area contributed by atoms with E-state index in [0.717, 1.165) is 25.3 Å². The summed E-state index contributed by atoms with van der Waals surface area (Å²) in [6.07, 6.45) is 3.64. The smallest absolute Gasteiger partial charge is 0.119 e. The third-order valence-electron chi connectivity index (χ3n) is 4.29. The normalized spacial score (nSPS) is 26.6. The molecular formula is C14H20N2O. The van der Waals surface area contributed by atoms with E-state index in [2.05, 4.69) is 23.1 Å². The maximum atomic E-state index is 5.86. The average molecular weight is 232 g/mol. The van der Waals surface area contributed by atoms with Crippen LogP contribution in [0, 0.1) is 5.92 Å². The molecule has 17 heavy (non-hydrogen) atoms. The number of aryl methyl sites for hydroxylation is 1. The van der Waals surface area contributed by atoms with Crippen LogP contribution < -0.4 is 15.4 Å². The number of fused-ring (bicyclic) bond motifs is 3. The fourth-order valence-corrected chi connectivity index (χ4v) is 3.36. The van der Waals surface area contributed by atoms with Gasteiger partial charge < -0.3 is 15.4 Å². The summed E-state index contributed by atoms with van der Waals surface area (Å²) >= 11 is 0. The molecule has 2 aliphatic rings. The number of nitrogens with zero attached hydrogens (tertiary/aromatic N) is 1. The molecule has 3 nitrogen and oxygen atoms in total. The summed E-state index contributed by atoms with van der Waals surface area (Å²) in [6, 6.07) is 7.12. The van der Waals surface area contributed by atoms with Gasteiger partial charge in [-0.1, -0.05) is 0 Å². The lowest BCUT2D eigenvalue weighted by molar-refractivity contribution is 0.412. The Morgan fingerprint density at radius 2 is 2.29 bits per heavy atom. The van der Waals surface area contributed by atoms with E-state index in [-0.39, 0.29) is 0 Å². The summed E-state index contributed by atoms with van der Waals surface area (Å²) < 4.78 is 5.30. The first-order valence-electron chi connectivity index (χ1n) is 6.47. The third-order valence-corrected chi connectivity index (χ3v) is 4.29. The molecule has 0 radical (unpaired) electrons. The van der Waals surface area contributed by atoms with Gasteiger partial charge in [-0.25, -0.2) is 0 Å². The summed E-state index contributed by atoms with van der Waals surface area (Å²) in [5, 5.41) is 0. The number of anilines is 1. The van der Waals surface area contributed by atoms with Gasteiger partial charge in [0.2, 0.25) is 0 Å². The molecule has 2 atom stereocenters. The van der Waals surface area contributed by atoms with Crippen LogP contribution in [0.25, 0.3) is 0 Å². The Morgan fingerprint density at radius 1 is 1.41 bits per heavy atom. The Bertz CT molecular complexity index is 419. The van der Waals surface area contributed by atoms with Crippen molar-refractivity contribution in [1.82, 2.24) is 0 Å². The van der Waals surface area contributed by atoms with Crippen molar-refractivity contribution in [2.75, 3.05) is 25.1 Å². The SMILES string of the molecule is COc1ccc2c(c1)CCC1C(CN)CCN21. The van der Waals surface area contributed by atoms with Gasteiger partial charge in [0.05, 0.1) is 7.11 Å². The molecule has 1 aromatic rings. The van der Waals surface area contributed by atoms with Crippen molar-refractivity contribution >= 4 is 5.69 Å². The molecule has 0 aliphatic carbocycles. The third kappa shape index (κ3) is 1.69. The van der Waals surface area contributed by atoms with E-state index < -0.39 is 0 Å². The highest BCUT2D eigenvalue weighted by Gasteiger charge is 2.36. The molecule has 1 aromatic carbocycles. The molecule has 1 saturated heterocycles. The molecule has 2 aliphatic heterocycles. The molecule has 3 rings (SSSR count). The standard InChI is InChI=1S/C14H20N2O/c1-17-12-3-5-13-10(8-12)2-4-14-11(9-15)6-7-16(13)14/h3,5,8,11,14H,2,4,6-7,9,15H2,1H3. The van der Waals surface area contributed by atoms with Crippen LogP contribution in [0.4, 0.5) is 5.69 Å². The largest absolute Gasteiger partial charge is 0.497 e. The molecule has 0 amide bonds. The summed E-state index contributed by atoms with van der Waals surface area (Å²) in [5.41, 5.74) is 8.69. The second kappa shape index (κ2) is 4.22. The van der Waals surface area contributed by atoms with Gasteiger partial charge in [0.1, 0.15) is 5.75 Å². The minimum Gasteiger partial charge on any atom is -0.497 e. The summed E-state index contributed by atoms with van der Waals surface area (Å²) in [6.45, 7) is 1.98. The molecule has 3 heteroatoms. The first-order valence-corrected chi connectivity index (χ1v) is 6.47. The van der Waals surface area contributed by atoms with Gasteiger partial charge in [0.15, 0.2) is 0 Å². The number of hydrogen-bond acceptors (Lipinski definition) is 3. The van der Waals surface area contributed by atoms with E-state index >= 15 is 0 Å². The molecule has 2 unspecified atom stereocenters. The van der Waals surface area contributed by atoms with E-state index in [1.807, 2.05) is 0 Å². The van der Waals surface area contributed by atoms with Crippen LogP contribution >= 0.6 is 0 Å². The summed E-state index contributed by atoms with van der Waals surface area (Å²) in [5.74, 6) is 1.65. The number of benzene rings is 1. The Balaban J connectivity index is 1.93. The van der Waals surface area contributed by atoms with Crippen LogP contribution in [-0.4, -0.2) is 26.2 Å². The Kier molecular flexibility index (Phi) is 2.71. The van der Waals surface area contributed by atoms with Crippen molar-refractivity contribution in [3.8, 4) is 5.75 Å². The molecule has 0 spiro atoms. The highest BCUT2D eigenvalue weighted by Crippen LogP contribution is 2.39. The number of nitrogens with two attached hydrogens (primary N) is 1. The summed E-state index contributed by atoms with van der Waals surface area (Å²) in [4.78, 5) is 2.55. The predicted molar refractivity (Wildman–Crippen MR) is 69.6 cm³/mol. The second-order valence-electron chi connectivity index (χ2n) is 5.08. The van der Waals surface area contributed by atoms with Gasteiger partial charge in [0.25, 0.3) is 0 Å². The Hall–Kier alpha value is -1.22. The van der Waals surface area contributed by atoms with Gasteiger partial charge >= 0.3 is 0 Å². The van der Waals surface area contributed by atoms with Crippen molar-refractivity contribution in [2.45, 2.75) is 25.3 Å². The van der Waals surface area contributed by atoms with Gasteiger partial charge in [-0.2, -0.15) is 0 Å². The van der Waals surface area contributed by atoms with Gasteiger partial charge in [0, 0.05) is 18.3 Å². The maximum Gasteiger partial charge on any atom is 0.119 e. The summed E-state index contributed by atoms with van der Waals surface area (Å²) in [7, 11) is 1.73. The van der Waals surface area contributed by atoms with Crippen LogP contribution in [0.2, 0.25) is 0 Å². The van der Waals surface area contributed by atoms with Crippen LogP contribution in [0.15, 0.2) is 18.2 Å². The quantitative estimate of drug-likeness (QED) is 0.845. The zero-order chi connectivity index (χ0) is 11.8. The maximum absolute atomic E-state index is 5.86. The average Bonchev–Trinajstić information content (AvgIpc) is 2.81. The minimum atomic E-state index is 0.667. The van der Waals surface area contributed by atoms with Crippen LogP contribution in [0.1, 0.15) is 18.4 Å². The highest BCUT2D eigenvalue weighted by molar-refractivity contribution is 5.59. The topological polar surface area (TPSA) is 38.5 Å². The molecule has 2 heterocycles.